The molecule has 0 spiro atoms. The van der Waals surface area contributed by atoms with Crippen molar-refractivity contribution in [3.63, 3.8) is 0 Å². The van der Waals surface area contributed by atoms with E-state index in [9.17, 15) is 5.11 Å². The van der Waals surface area contributed by atoms with Crippen molar-refractivity contribution in [1.82, 2.24) is 0 Å². The standard InChI is InChI=1S/C11H14O2/c1-13-11-8-4-5-9(11)7-3-2-6(8)10(7)12/h2-12H,1H3. The number of methoxy groups -OCH3 is 1. The van der Waals surface area contributed by atoms with E-state index in [1.165, 1.54) is 0 Å². The number of rotatable bonds is 1. The lowest BCUT2D eigenvalue weighted by Crippen LogP contribution is -2.44. The summed E-state index contributed by atoms with van der Waals surface area (Å²) in [6.45, 7) is 0. The molecule has 1 saturated carbocycles. The molecule has 3 aliphatic rings. The van der Waals surface area contributed by atoms with Gasteiger partial charge in [0.25, 0.3) is 0 Å². The summed E-state index contributed by atoms with van der Waals surface area (Å²) in [5.41, 5.74) is 0. The Labute approximate surface area is 77.9 Å². The summed E-state index contributed by atoms with van der Waals surface area (Å²) in [4.78, 5) is 0. The number of hydrogen-bond donors (Lipinski definition) is 1. The van der Waals surface area contributed by atoms with Crippen LogP contribution in [0.3, 0.4) is 0 Å². The van der Waals surface area contributed by atoms with Crippen LogP contribution < -0.4 is 0 Å². The lowest BCUT2D eigenvalue weighted by molar-refractivity contribution is -0.0592. The summed E-state index contributed by atoms with van der Waals surface area (Å²) in [5.74, 6) is 1.40. The molecule has 0 radical (unpaired) electrons. The molecule has 1 fully saturated rings. The fourth-order valence-corrected chi connectivity index (χ4v) is 3.19. The van der Waals surface area contributed by atoms with E-state index in [1.807, 2.05) is 0 Å². The Morgan fingerprint density at radius 2 is 1.38 bits per heavy atom. The van der Waals surface area contributed by atoms with Gasteiger partial charge in [-0.2, -0.15) is 0 Å². The lowest BCUT2D eigenvalue weighted by Gasteiger charge is -2.38. The molecule has 0 aromatic heterocycles. The van der Waals surface area contributed by atoms with E-state index in [1.54, 1.807) is 7.11 Å². The minimum Gasteiger partial charge on any atom is -0.392 e. The zero-order valence-corrected chi connectivity index (χ0v) is 7.63. The second-order valence-corrected chi connectivity index (χ2v) is 4.27. The molecule has 0 aliphatic heterocycles. The summed E-state index contributed by atoms with van der Waals surface area (Å²) >= 11 is 0. The fraction of sp³-hybridized carbons (Fsp3) is 0.636. The van der Waals surface area contributed by atoms with Gasteiger partial charge in [0.05, 0.1) is 12.2 Å². The van der Waals surface area contributed by atoms with E-state index in [2.05, 4.69) is 24.3 Å². The zero-order chi connectivity index (χ0) is 9.00. The van der Waals surface area contributed by atoms with Crippen LogP contribution >= 0.6 is 0 Å². The molecule has 13 heavy (non-hydrogen) atoms. The van der Waals surface area contributed by atoms with Crippen molar-refractivity contribution in [3.8, 4) is 0 Å². The number of aliphatic hydroxyl groups excluding tert-OH is 1. The van der Waals surface area contributed by atoms with Crippen LogP contribution in [-0.4, -0.2) is 24.4 Å². The molecule has 2 heteroatoms. The fourth-order valence-electron chi connectivity index (χ4n) is 3.19. The van der Waals surface area contributed by atoms with Crippen molar-refractivity contribution in [1.29, 1.82) is 0 Å². The molecule has 0 saturated heterocycles. The van der Waals surface area contributed by atoms with Crippen molar-refractivity contribution in [2.24, 2.45) is 23.7 Å². The van der Waals surface area contributed by atoms with Gasteiger partial charge in [-0.3, -0.25) is 0 Å². The van der Waals surface area contributed by atoms with Crippen LogP contribution in [0.5, 0.6) is 0 Å². The van der Waals surface area contributed by atoms with Crippen LogP contribution in [0.15, 0.2) is 24.3 Å². The monoisotopic (exact) mass is 178 g/mol. The van der Waals surface area contributed by atoms with Gasteiger partial charge in [-0.1, -0.05) is 24.3 Å². The molecule has 0 amide bonds. The molecule has 3 rings (SSSR count). The summed E-state index contributed by atoms with van der Waals surface area (Å²) < 4.78 is 5.49. The van der Waals surface area contributed by atoms with Crippen molar-refractivity contribution in [3.05, 3.63) is 24.3 Å². The molecule has 4 unspecified atom stereocenters. The predicted octanol–water partition coefficient (Wildman–Crippen LogP) is 0.980. The molecule has 4 bridgehead atoms. The van der Waals surface area contributed by atoms with E-state index >= 15 is 0 Å². The second-order valence-electron chi connectivity index (χ2n) is 4.27. The topological polar surface area (TPSA) is 29.5 Å². The molecular formula is C11H14O2. The maximum Gasteiger partial charge on any atom is 0.0709 e. The Morgan fingerprint density at radius 1 is 0.923 bits per heavy atom. The van der Waals surface area contributed by atoms with Crippen LogP contribution in [0, 0.1) is 23.7 Å². The molecule has 0 heterocycles. The maximum atomic E-state index is 9.94. The van der Waals surface area contributed by atoms with E-state index in [-0.39, 0.29) is 6.10 Å². The van der Waals surface area contributed by atoms with Gasteiger partial charge in [-0.05, 0) is 0 Å². The SMILES string of the molecule is COC1C2C=CC1C1C=CC2C1O. The first-order valence-corrected chi connectivity index (χ1v) is 4.90. The molecule has 4 atom stereocenters. The quantitative estimate of drug-likeness (QED) is 0.606. The van der Waals surface area contributed by atoms with Gasteiger partial charge >= 0.3 is 0 Å². The highest BCUT2D eigenvalue weighted by Gasteiger charge is 2.52. The van der Waals surface area contributed by atoms with Crippen molar-refractivity contribution in [2.45, 2.75) is 12.2 Å². The largest absolute Gasteiger partial charge is 0.392 e. The normalized spacial score (nSPS) is 56.2. The summed E-state index contributed by atoms with van der Waals surface area (Å²) in [6, 6.07) is 0. The minimum absolute atomic E-state index is 0.170. The number of fused-ring (bicyclic) bond motifs is 6. The summed E-state index contributed by atoms with van der Waals surface area (Å²) in [5, 5.41) is 9.94. The van der Waals surface area contributed by atoms with Crippen LogP contribution in [0.25, 0.3) is 0 Å². The van der Waals surface area contributed by atoms with Gasteiger partial charge in [0, 0.05) is 30.8 Å². The summed E-state index contributed by atoms with van der Waals surface area (Å²) in [6.07, 6.45) is 8.89. The van der Waals surface area contributed by atoms with Crippen LogP contribution in [0.4, 0.5) is 0 Å². The average Bonchev–Trinajstić information content (AvgIpc) is 2.56. The molecule has 2 nitrogen and oxygen atoms in total. The molecule has 70 valence electrons. The smallest absolute Gasteiger partial charge is 0.0709 e. The van der Waals surface area contributed by atoms with Gasteiger partial charge in [-0.15, -0.1) is 0 Å². The third-order valence-corrected chi connectivity index (χ3v) is 3.82. The Morgan fingerprint density at radius 3 is 1.85 bits per heavy atom. The Kier molecular flexibility index (Phi) is 1.47. The second kappa shape index (κ2) is 2.46. The minimum atomic E-state index is -0.170. The van der Waals surface area contributed by atoms with Gasteiger partial charge in [0.1, 0.15) is 0 Å². The summed E-state index contributed by atoms with van der Waals surface area (Å²) in [7, 11) is 1.77. The van der Waals surface area contributed by atoms with E-state index in [0.717, 1.165) is 0 Å². The highest BCUT2D eigenvalue weighted by Crippen LogP contribution is 2.50. The molecule has 1 N–H and O–H groups in total. The van der Waals surface area contributed by atoms with Crippen molar-refractivity contribution >= 4 is 0 Å². The average molecular weight is 178 g/mol. The maximum absolute atomic E-state index is 9.94. The molecule has 3 aliphatic carbocycles. The zero-order valence-electron chi connectivity index (χ0n) is 7.63. The molecular weight excluding hydrogens is 164 g/mol. The first-order chi connectivity index (χ1) is 6.33. The molecule has 0 aromatic carbocycles. The number of ether oxygens (including phenoxy) is 1. The van der Waals surface area contributed by atoms with E-state index in [4.69, 9.17) is 4.74 Å². The number of aliphatic hydroxyl groups is 1. The highest BCUT2D eigenvalue weighted by molar-refractivity contribution is 5.27. The van der Waals surface area contributed by atoms with Crippen molar-refractivity contribution in [2.75, 3.05) is 7.11 Å². The van der Waals surface area contributed by atoms with Gasteiger partial charge < -0.3 is 9.84 Å². The van der Waals surface area contributed by atoms with Crippen LogP contribution in [0.1, 0.15) is 0 Å². The number of hydrogen-bond acceptors (Lipinski definition) is 2. The Balaban J connectivity index is 2.01. The third-order valence-electron chi connectivity index (χ3n) is 3.82. The Hall–Kier alpha value is -0.600. The van der Waals surface area contributed by atoms with Gasteiger partial charge in [-0.25, -0.2) is 0 Å². The van der Waals surface area contributed by atoms with Gasteiger partial charge in [0.15, 0.2) is 0 Å². The lowest BCUT2D eigenvalue weighted by atomic mass is 9.73. The van der Waals surface area contributed by atoms with Gasteiger partial charge in [0.2, 0.25) is 0 Å². The molecule has 0 aromatic rings. The first-order valence-electron chi connectivity index (χ1n) is 4.90. The van der Waals surface area contributed by atoms with Crippen LogP contribution in [-0.2, 0) is 4.74 Å². The van der Waals surface area contributed by atoms with Crippen molar-refractivity contribution < 1.29 is 9.84 Å². The van der Waals surface area contributed by atoms with E-state index in [0.29, 0.717) is 29.8 Å². The third kappa shape index (κ3) is 0.804. The van der Waals surface area contributed by atoms with E-state index < -0.39 is 0 Å². The van der Waals surface area contributed by atoms with Crippen LogP contribution in [0.2, 0.25) is 0 Å². The first kappa shape index (κ1) is 7.77. The predicted molar refractivity (Wildman–Crippen MR) is 49.0 cm³/mol. The Bertz CT molecular complexity index is 258. The highest BCUT2D eigenvalue weighted by atomic mass is 16.5.